The third-order valence-corrected chi connectivity index (χ3v) is 6.37. The Morgan fingerprint density at radius 3 is 1.97 bits per heavy atom. The van der Waals surface area contributed by atoms with Crippen LogP contribution in [0.1, 0.15) is 20.8 Å². The maximum atomic E-state index is 14.0. The van der Waals surface area contributed by atoms with E-state index in [1.807, 2.05) is 0 Å². The summed E-state index contributed by atoms with van der Waals surface area (Å²) in [7, 11) is -4.68. The molecule has 0 aliphatic heterocycles. The minimum Gasteiger partial charge on any atom is -0.405 e. The summed E-state index contributed by atoms with van der Waals surface area (Å²) in [5.41, 5.74) is -0.638. The van der Waals surface area contributed by atoms with E-state index in [1.54, 1.807) is 26.8 Å². The molecule has 2 rings (SSSR count). The molecule has 2 aromatic rings. The molecule has 1 unspecified atom stereocenters. The van der Waals surface area contributed by atoms with Gasteiger partial charge in [-0.2, -0.15) is 8.78 Å². The van der Waals surface area contributed by atoms with E-state index in [0.717, 1.165) is 11.8 Å². The Bertz CT molecular complexity index is 972. The van der Waals surface area contributed by atoms with Gasteiger partial charge < -0.3 is 9.05 Å². The van der Waals surface area contributed by atoms with Gasteiger partial charge in [0, 0.05) is 17.7 Å². The molecule has 1 N–H and O–H groups in total. The van der Waals surface area contributed by atoms with Crippen LogP contribution >= 0.6 is 19.5 Å². The monoisotopic (exact) mass is 483 g/mol. The number of para-hydroxylation sites is 1. The summed E-state index contributed by atoms with van der Waals surface area (Å²) in [6, 6.07) is 7.28. The van der Waals surface area contributed by atoms with Crippen molar-refractivity contribution in [1.82, 2.24) is 5.09 Å². The number of benzene rings is 2. The van der Waals surface area contributed by atoms with Crippen LogP contribution in [0.5, 0.6) is 11.5 Å². The standard InChI is InChI=1S/C19H19F5NO4PS/c1-19(2,3)18(26)31-10-9-25-30(27,28-11-7-5-4-6-8-11)29-17-15(23)13(21)12(20)14(22)16(17)24/h4-8H,9-10H2,1-3H3,(H,25,27). The number of rotatable bonds is 8. The van der Waals surface area contributed by atoms with Crippen LogP contribution in [0, 0.1) is 34.5 Å². The molecule has 170 valence electrons. The maximum Gasteiger partial charge on any atom is 0.513 e. The fraction of sp³-hybridized carbons (Fsp3) is 0.316. The molecule has 0 saturated carbocycles. The molecule has 0 bridgehead atoms. The Labute approximate surface area is 179 Å². The normalized spacial score (nSPS) is 13.5. The smallest absolute Gasteiger partial charge is 0.405 e. The van der Waals surface area contributed by atoms with Crippen LogP contribution in [0.2, 0.25) is 0 Å². The zero-order valence-corrected chi connectivity index (χ0v) is 18.4. The highest BCUT2D eigenvalue weighted by molar-refractivity contribution is 8.13. The van der Waals surface area contributed by atoms with Crippen molar-refractivity contribution in [3.8, 4) is 11.5 Å². The molecule has 31 heavy (non-hydrogen) atoms. The second kappa shape index (κ2) is 10.0. The zero-order valence-electron chi connectivity index (χ0n) is 16.7. The highest BCUT2D eigenvalue weighted by Crippen LogP contribution is 2.47. The molecule has 12 heteroatoms. The second-order valence-electron chi connectivity index (χ2n) is 7.19. The van der Waals surface area contributed by atoms with Gasteiger partial charge in [0.05, 0.1) is 0 Å². The molecule has 2 aromatic carbocycles. The lowest BCUT2D eigenvalue weighted by Crippen LogP contribution is -2.24. The van der Waals surface area contributed by atoms with Gasteiger partial charge in [-0.15, -0.1) is 0 Å². The van der Waals surface area contributed by atoms with Gasteiger partial charge in [-0.05, 0) is 12.1 Å². The van der Waals surface area contributed by atoms with Gasteiger partial charge in [0.1, 0.15) is 5.75 Å². The van der Waals surface area contributed by atoms with Gasteiger partial charge in [-0.25, -0.2) is 22.8 Å². The molecule has 1 atom stereocenters. The molecule has 0 spiro atoms. The van der Waals surface area contributed by atoms with Gasteiger partial charge in [0.2, 0.25) is 34.8 Å². The molecule has 0 amide bonds. The minimum absolute atomic E-state index is 0.0550. The summed E-state index contributed by atoms with van der Waals surface area (Å²) < 4.78 is 91.1. The molecule has 0 heterocycles. The van der Waals surface area contributed by atoms with Gasteiger partial charge >= 0.3 is 7.75 Å². The second-order valence-corrected chi connectivity index (χ2v) is 9.93. The van der Waals surface area contributed by atoms with E-state index in [0.29, 0.717) is 0 Å². The highest BCUT2D eigenvalue weighted by Gasteiger charge is 2.35. The van der Waals surface area contributed by atoms with E-state index < -0.39 is 48.0 Å². The van der Waals surface area contributed by atoms with Gasteiger partial charge in [-0.1, -0.05) is 50.7 Å². The largest absolute Gasteiger partial charge is 0.513 e. The fourth-order valence-electron chi connectivity index (χ4n) is 2.03. The van der Waals surface area contributed by atoms with Crippen LogP contribution in [0.25, 0.3) is 0 Å². The summed E-state index contributed by atoms with van der Waals surface area (Å²) in [5.74, 6) is -13.2. The Morgan fingerprint density at radius 1 is 0.935 bits per heavy atom. The molecule has 0 saturated heterocycles. The van der Waals surface area contributed by atoms with Gasteiger partial charge in [-0.3, -0.25) is 4.79 Å². The third-order valence-electron chi connectivity index (χ3n) is 3.60. The van der Waals surface area contributed by atoms with Gasteiger partial charge in [0.25, 0.3) is 0 Å². The van der Waals surface area contributed by atoms with E-state index in [-0.39, 0.29) is 23.2 Å². The first-order valence-electron chi connectivity index (χ1n) is 8.84. The average molecular weight is 483 g/mol. The van der Waals surface area contributed by atoms with E-state index in [9.17, 15) is 31.3 Å². The first-order chi connectivity index (χ1) is 14.4. The predicted octanol–water partition coefficient (Wildman–Crippen LogP) is 5.84. The van der Waals surface area contributed by atoms with Crippen LogP contribution in [-0.4, -0.2) is 17.4 Å². The molecular weight excluding hydrogens is 464 g/mol. The Hall–Kier alpha value is -2.10. The molecule has 0 aromatic heterocycles. The molecular formula is C19H19F5NO4PS. The summed E-state index contributed by atoms with van der Waals surface area (Å²) in [6.07, 6.45) is 0. The van der Waals surface area contributed by atoms with Crippen LogP contribution < -0.4 is 14.1 Å². The highest BCUT2D eigenvalue weighted by atomic mass is 32.2. The third kappa shape index (κ3) is 6.44. The topological polar surface area (TPSA) is 64.6 Å². The predicted molar refractivity (Wildman–Crippen MR) is 106 cm³/mol. The van der Waals surface area contributed by atoms with E-state index in [1.165, 1.54) is 24.3 Å². The van der Waals surface area contributed by atoms with Crippen molar-refractivity contribution in [3.05, 3.63) is 59.4 Å². The molecule has 0 aliphatic carbocycles. The SMILES string of the molecule is CC(C)(C)C(=O)SCCNP(=O)(Oc1ccccc1)Oc1c(F)c(F)c(F)c(F)c1F. The molecule has 0 aliphatic rings. The average Bonchev–Trinajstić information content (AvgIpc) is 2.71. The van der Waals surface area contributed by atoms with Crippen LogP contribution in [-0.2, 0) is 9.36 Å². The van der Waals surface area contributed by atoms with Crippen molar-refractivity contribution in [2.75, 3.05) is 12.3 Å². The summed E-state index contributed by atoms with van der Waals surface area (Å²) in [4.78, 5) is 12.0. The summed E-state index contributed by atoms with van der Waals surface area (Å²) >= 11 is 0.898. The number of hydrogen-bond donors (Lipinski definition) is 1. The minimum atomic E-state index is -4.68. The van der Waals surface area contributed by atoms with Gasteiger partial charge in [0.15, 0.2) is 5.12 Å². The number of carbonyl (C=O) groups excluding carboxylic acids is 1. The van der Waals surface area contributed by atoms with Crippen LogP contribution in [0.3, 0.4) is 0 Å². The van der Waals surface area contributed by atoms with Crippen LogP contribution in [0.4, 0.5) is 22.0 Å². The van der Waals surface area contributed by atoms with Crippen molar-refractivity contribution >= 4 is 24.6 Å². The zero-order chi connectivity index (χ0) is 23.4. The number of thioether (sulfide) groups is 1. The van der Waals surface area contributed by atoms with Crippen molar-refractivity contribution in [2.24, 2.45) is 5.41 Å². The first-order valence-corrected chi connectivity index (χ1v) is 11.4. The van der Waals surface area contributed by atoms with E-state index in [4.69, 9.17) is 4.52 Å². The van der Waals surface area contributed by atoms with Crippen molar-refractivity contribution in [1.29, 1.82) is 0 Å². The molecule has 0 radical (unpaired) electrons. The summed E-state index contributed by atoms with van der Waals surface area (Å²) in [6.45, 7) is 4.90. The Morgan fingerprint density at radius 2 is 1.45 bits per heavy atom. The fourth-order valence-corrected chi connectivity index (χ4v) is 4.36. The lowest BCUT2D eigenvalue weighted by molar-refractivity contribution is -0.117. The summed E-state index contributed by atoms with van der Waals surface area (Å²) in [5, 5.41) is 2.10. The number of halogens is 5. The van der Waals surface area contributed by atoms with Crippen molar-refractivity contribution < 1.29 is 40.4 Å². The number of hydrogen-bond acceptors (Lipinski definition) is 5. The van der Waals surface area contributed by atoms with E-state index in [2.05, 4.69) is 9.61 Å². The van der Waals surface area contributed by atoms with E-state index >= 15 is 0 Å². The quantitative estimate of drug-likeness (QED) is 0.167. The number of carbonyl (C=O) groups is 1. The Balaban J connectivity index is 2.27. The van der Waals surface area contributed by atoms with Crippen molar-refractivity contribution in [2.45, 2.75) is 20.8 Å². The molecule has 5 nitrogen and oxygen atoms in total. The Kier molecular flexibility index (Phi) is 8.13. The number of nitrogens with one attached hydrogen (secondary N) is 1. The van der Waals surface area contributed by atoms with Crippen molar-refractivity contribution in [3.63, 3.8) is 0 Å². The lowest BCUT2D eigenvalue weighted by Gasteiger charge is -2.21. The maximum absolute atomic E-state index is 14.0. The van der Waals surface area contributed by atoms with Crippen LogP contribution in [0.15, 0.2) is 30.3 Å². The lowest BCUT2D eigenvalue weighted by atomic mass is 10.00. The molecule has 0 fully saturated rings. The first kappa shape index (κ1) is 25.2.